The average molecular weight is 244 g/mol. The molecule has 0 spiro atoms. The van der Waals surface area contributed by atoms with E-state index in [0.29, 0.717) is 18.9 Å². The maximum absolute atomic E-state index is 11.7. The van der Waals surface area contributed by atoms with Gasteiger partial charge in [-0.1, -0.05) is 25.7 Å². The van der Waals surface area contributed by atoms with Crippen LogP contribution < -0.4 is 11.1 Å². The molecule has 0 radical (unpaired) electrons. The highest BCUT2D eigenvalue weighted by molar-refractivity contribution is 5.91. The fourth-order valence-electron chi connectivity index (χ4n) is 1.61. The number of rotatable bonds is 3. The normalized spacial score (nSPS) is 9.83. The molecule has 0 bridgehead atoms. The number of nitrogens with one attached hydrogen (secondary N) is 1. The molecule has 0 fully saturated rings. The van der Waals surface area contributed by atoms with Crippen LogP contribution in [-0.4, -0.2) is 12.5 Å². The van der Waals surface area contributed by atoms with Crippen LogP contribution in [0.2, 0.25) is 0 Å². The van der Waals surface area contributed by atoms with Gasteiger partial charge in [0, 0.05) is 17.7 Å². The molecule has 3 heteroatoms. The standard InChI is InChI=1S/C15H20N2O/c1-11(2)9-15(18)17-14-7-6-13(5-4-8-16)10-12(14)3/h6-7,10-11H,8-9,16H2,1-3H3,(H,17,18). The van der Waals surface area contributed by atoms with Gasteiger partial charge < -0.3 is 11.1 Å². The summed E-state index contributed by atoms with van der Waals surface area (Å²) in [5, 5.41) is 2.91. The maximum Gasteiger partial charge on any atom is 0.224 e. The van der Waals surface area contributed by atoms with Gasteiger partial charge in [-0.05, 0) is 36.6 Å². The van der Waals surface area contributed by atoms with E-state index in [-0.39, 0.29) is 5.91 Å². The van der Waals surface area contributed by atoms with E-state index in [2.05, 4.69) is 17.2 Å². The zero-order valence-electron chi connectivity index (χ0n) is 11.2. The first-order valence-electron chi connectivity index (χ1n) is 6.12. The first-order chi connectivity index (χ1) is 8.52. The first kappa shape index (κ1) is 14.3. The molecule has 18 heavy (non-hydrogen) atoms. The number of nitrogens with two attached hydrogens (primary N) is 1. The van der Waals surface area contributed by atoms with E-state index in [9.17, 15) is 4.79 Å². The first-order valence-corrected chi connectivity index (χ1v) is 6.12. The molecule has 0 heterocycles. The van der Waals surface area contributed by atoms with Gasteiger partial charge in [0.25, 0.3) is 0 Å². The lowest BCUT2D eigenvalue weighted by Crippen LogP contribution is -2.14. The summed E-state index contributed by atoms with van der Waals surface area (Å²) in [5.74, 6) is 6.19. The molecular weight excluding hydrogens is 224 g/mol. The molecular formula is C15H20N2O. The molecule has 1 aromatic rings. The van der Waals surface area contributed by atoms with E-state index in [1.54, 1.807) is 0 Å². The van der Waals surface area contributed by atoms with Gasteiger partial charge in [-0.15, -0.1) is 0 Å². The second-order valence-electron chi connectivity index (χ2n) is 4.68. The topological polar surface area (TPSA) is 55.1 Å². The molecule has 3 N–H and O–H groups in total. The summed E-state index contributed by atoms with van der Waals surface area (Å²) in [6.45, 7) is 6.36. The molecule has 0 saturated heterocycles. The molecule has 1 aromatic carbocycles. The fourth-order valence-corrected chi connectivity index (χ4v) is 1.61. The van der Waals surface area contributed by atoms with Crippen LogP contribution in [0.3, 0.4) is 0 Å². The molecule has 0 aliphatic rings. The minimum absolute atomic E-state index is 0.0499. The fraction of sp³-hybridized carbons (Fsp3) is 0.400. The second kappa shape index (κ2) is 6.83. The Hall–Kier alpha value is -1.79. The second-order valence-corrected chi connectivity index (χ2v) is 4.68. The van der Waals surface area contributed by atoms with Gasteiger partial charge in [0.05, 0.1) is 6.54 Å². The predicted octanol–water partition coefficient (Wildman–Crippen LogP) is 2.29. The molecule has 3 nitrogen and oxygen atoms in total. The Morgan fingerprint density at radius 3 is 2.72 bits per heavy atom. The van der Waals surface area contributed by atoms with Crippen molar-refractivity contribution in [1.82, 2.24) is 0 Å². The van der Waals surface area contributed by atoms with Crippen LogP contribution in [-0.2, 0) is 4.79 Å². The smallest absolute Gasteiger partial charge is 0.224 e. The van der Waals surface area contributed by atoms with Crippen LogP contribution in [0.15, 0.2) is 18.2 Å². The largest absolute Gasteiger partial charge is 0.326 e. The number of carbonyl (C=O) groups excluding carboxylic acids is 1. The lowest BCUT2D eigenvalue weighted by Gasteiger charge is -2.10. The van der Waals surface area contributed by atoms with Crippen molar-refractivity contribution in [3.05, 3.63) is 29.3 Å². The Bertz CT molecular complexity index is 481. The highest BCUT2D eigenvalue weighted by Gasteiger charge is 2.06. The molecule has 0 unspecified atom stereocenters. The van der Waals surface area contributed by atoms with E-state index in [4.69, 9.17) is 5.73 Å². The zero-order valence-corrected chi connectivity index (χ0v) is 11.2. The summed E-state index contributed by atoms with van der Waals surface area (Å²) >= 11 is 0. The van der Waals surface area contributed by atoms with Crippen LogP contribution in [0, 0.1) is 24.7 Å². The van der Waals surface area contributed by atoms with Crippen LogP contribution in [0.4, 0.5) is 5.69 Å². The van der Waals surface area contributed by atoms with Crippen molar-refractivity contribution in [3.63, 3.8) is 0 Å². The number of aryl methyl sites for hydroxylation is 1. The summed E-state index contributed by atoms with van der Waals surface area (Å²) in [7, 11) is 0. The van der Waals surface area contributed by atoms with Gasteiger partial charge in [0.15, 0.2) is 0 Å². The average Bonchev–Trinajstić information content (AvgIpc) is 2.28. The summed E-state index contributed by atoms with van der Waals surface area (Å²) in [6.07, 6.45) is 0.536. The minimum atomic E-state index is 0.0499. The van der Waals surface area contributed by atoms with E-state index in [1.807, 2.05) is 39.0 Å². The van der Waals surface area contributed by atoms with Crippen molar-refractivity contribution in [2.24, 2.45) is 11.7 Å². The zero-order chi connectivity index (χ0) is 13.5. The highest BCUT2D eigenvalue weighted by Crippen LogP contribution is 2.17. The summed E-state index contributed by atoms with van der Waals surface area (Å²) in [5.41, 5.74) is 8.10. The SMILES string of the molecule is Cc1cc(C#CCN)ccc1NC(=O)CC(C)C. The summed E-state index contributed by atoms with van der Waals surface area (Å²) in [4.78, 5) is 11.7. The van der Waals surface area contributed by atoms with Crippen LogP contribution in [0.5, 0.6) is 0 Å². The van der Waals surface area contributed by atoms with Gasteiger partial charge in [-0.25, -0.2) is 0 Å². The van der Waals surface area contributed by atoms with E-state index < -0.39 is 0 Å². The lowest BCUT2D eigenvalue weighted by molar-refractivity contribution is -0.116. The van der Waals surface area contributed by atoms with Gasteiger partial charge in [0.2, 0.25) is 5.91 Å². The van der Waals surface area contributed by atoms with Crippen molar-refractivity contribution in [1.29, 1.82) is 0 Å². The quantitative estimate of drug-likeness (QED) is 0.801. The molecule has 0 aliphatic heterocycles. The Morgan fingerprint density at radius 2 is 2.17 bits per heavy atom. The van der Waals surface area contributed by atoms with Gasteiger partial charge in [0.1, 0.15) is 0 Å². The Balaban J connectivity index is 2.77. The Morgan fingerprint density at radius 1 is 1.44 bits per heavy atom. The molecule has 96 valence electrons. The third kappa shape index (κ3) is 4.60. The van der Waals surface area contributed by atoms with Gasteiger partial charge in [-0.2, -0.15) is 0 Å². The van der Waals surface area contributed by atoms with Crippen molar-refractivity contribution in [2.75, 3.05) is 11.9 Å². The van der Waals surface area contributed by atoms with E-state index >= 15 is 0 Å². The van der Waals surface area contributed by atoms with Crippen molar-refractivity contribution in [3.8, 4) is 11.8 Å². The van der Waals surface area contributed by atoms with E-state index in [0.717, 1.165) is 16.8 Å². The molecule has 0 aromatic heterocycles. The minimum Gasteiger partial charge on any atom is -0.326 e. The number of hydrogen-bond acceptors (Lipinski definition) is 2. The Labute approximate surface area is 109 Å². The maximum atomic E-state index is 11.7. The molecule has 0 saturated carbocycles. The molecule has 1 amide bonds. The lowest BCUT2D eigenvalue weighted by atomic mass is 10.1. The Kier molecular flexibility index (Phi) is 5.41. The van der Waals surface area contributed by atoms with Crippen molar-refractivity contribution in [2.45, 2.75) is 27.2 Å². The highest BCUT2D eigenvalue weighted by atomic mass is 16.1. The van der Waals surface area contributed by atoms with Crippen molar-refractivity contribution >= 4 is 11.6 Å². The van der Waals surface area contributed by atoms with Gasteiger partial charge >= 0.3 is 0 Å². The number of benzene rings is 1. The van der Waals surface area contributed by atoms with E-state index in [1.165, 1.54) is 0 Å². The molecule has 0 atom stereocenters. The number of anilines is 1. The van der Waals surface area contributed by atoms with Gasteiger partial charge in [-0.3, -0.25) is 4.79 Å². The third-order valence-corrected chi connectivity index (χ3v) is 2.43. The molecule has 0 aliphatic carbocycles. The number of hydrogen-bond donors (Lipinski definition) is 2. The number of carbonyl (C=O) groups is 1. The van der Waals surface area contributed by atoms with Crippen LogP contribution in [0.25, 0.3) is 0 Å². The predicted molar refractivity (Wildman–Crippen MR) is 75.2 cm³/mol. The van der Waals surface area contributed by atoms with Crippen molar-refractivity contribution < 1.29 is 4.79 Å². The van der Waals surface area contributed by atoms with Crippen LogP contribution in [0.1, 0.15) is 31.4 Å². The molecule has 1 rings (SSSR count). The monoisotopic (exact) mass is 244 g/mol. The van der Waals surface area contributed by atoms with Crippen LogP contribution >= 0.6 is 0 Å². The summed E-state index contributed by atoms with van der Waals surface area (Å²) in [6, 6.07) is 5.72. The summed E-state index contributed by atoms with van der Waals surface area (Å²) < 4.78 is 0. The number of amides is 1. The third-order valence-electron chi connectivity index (χ3n) is 2.43.